The Labute approximate surface area is 630 Å². The van der Waals surface area contributed by atoms with Crippen LogP contribution in [-0.2, 0) is 10.4 Å². The minimum absolute atomic E-state index is 0. The molecule has 0 bridgehead atoms. The summed E-state index contributed by atoms with van der Waals surface area (Å²) in [5.74, 6) is 0. The summed E-state index contributed by atoms with van der Waals surface area (Å²) in [6, 6.07) is -1.03. The van der Waals surface area contributed by atoms with E-state index in [2.05, 4.69) is 171 Å². The Hall–Kier alpha value is -4.75. The van der Waals surface area contributed by atoms with Crippen LogP contribution in [0.15, 0.2) is 0 Å². The smallest absolute Gasteiger partial charge is 0.314 e. The first-order chi connectivity index (χ1) is 48.5. The van der Waals surface area contributed by atoms with Crippen LogP contribution in [0.5, 0.6) is 0 Å². The second-order valence-electron chi connectivity index (χ2n) is 26.6. The van der Waals surface area contributed by atoms with Crippen molar-refractivity contribution in [1.82, 2.24) is 73.6 Å². The first kappa shape index (κ1) is 112. The molecule has 0 unspecified atom stereocenters. The molecule has 0 rings (SSSR count). The van der Waals surface area contributed by atoms with E-state index >= 15 is 0 Å². The number of carbonyl (C=O) groups excluding carboxylic acids is 6. The van der Waals surface area contributed by atoms with Crippen molar-refractivity contribution in [3.05, 3.63) is 0 Å². The number of nitrogens with one attached hydrogen (secondary N) is 12. The summed E-state index contributed by atoms with van der Waals surface area (Å²) < 4.78 is 36.9. The van der Waals surface area contributed by atoms with Gasteiger partial charge in [-0.25, -0.2) is 28.8 Å². The number of carbonyl (C=O) groups is 6. The maximum atomic E-state index is 11.8. The number of urea groups is 6. The minimum Gasteiger partial charge on any atom is -0.759 e. The highest BCUT2D eigenvalue weighted by Crippen LogP contribution is 2.18. The molecule has 0 aliphatic carbocycles. The van der Waals surface area contributed by atoms with Gasteiger partial charge in [0.2, 0.25) is 0 Å². The average Bonchev–Trinajstić information content (AvgIpc) is 0.881. The Kier molecular flexibility index (Phi) is 91.6. The fourth-order valence-electron chi connectivity index (χ4n) is 10.6. The zero-order valence-corrected chi connectivity index (χ0v) is 69.3. The van der Waals surface area contributed by atoms with E-state index in [0.717, 1.165) is 77.0 Å². The highest BCUT2D eigenvalue weighted by molar-refractivity contribution is 7.79. The van der Waals surface area contributed by atoms with Gasteiger partial charge in [-0.05, 0) is 89.9 Å². The molecular weight excluding hydrogens is 1340 g/mol. The molecule has 29 heteroatoms. The van der Waals surface area contributed by atoms with Crippen LogP contribution in [0.3, 0.4) is 0 Å². The van der Waals surface area contributed by atoms with Gasteiger partial charge in [0.15, 0.2) is 0 Å². The summed E-state index contributed by atoms with van der Waals surface area (Å²) in [4.78, 5) is 74.9. The van der Waals surface area contributed by atoms with Crippen LogP contribution in [0.1, 0.15) is 277 Å². The summed E-state index contributed by atoms with van der Waals surface area (Å²) in [6.45, 7) is 53.2. The third kappa shape index (κ3) is 86.1. The van der Waals surface area contributed by atoms with E-state index in [9.17, 15) is 28.8 Å². The van der Waals surface area contributed by atoms with Gasteiger partial charge >= 0.3 is 36.2 Å². The maximum Gasteiger partial charge on any atom is 0.314 e. The Bertz CT molecular complexity index is 1640. The van der Waals surface area contributed by atoms with Crippen molar-refractivity contribution in [2.24, 2.45) is 0 Å². The summed E-state index contributed by atoms with van der Waals surface area (Å²) in [7, 11) is -5.17. The minimum atomic E-state index is -5.17. The van der Waals surface area contributed by atoms with Crippen LogP contribution >= 0.6 is 0 Å². The van der Waals surface area contributed by atoms with E-state index < -0.39 is 10.4 Å². The van der Waals surface area contributed by atoms with Crippen LogP contribution in [0.4, 0.5) is 28.8 Å². The predicted octanol–water partition coefficient (Wildman–Crippen LogP) is 10.2. The number of quaternary nitrogens is 2. The molecule has 12 amide bonds. The zero-order valence-electron chi connectivity index (χ0n) is 68.5. The van der Waals surface area contributed by atoms with E-state index in [1.165, 1.54) is 164 Å². The van der Waals surface area contributed by atoms with Crippen molar-refractivity contribution in [2.45, 2.75) is 277 Å². The van der Waals surface area contributed by atoms with Crippen molar-refractivity contribution in [3.63, 3.8) is 0 Å². The largest absolute Gasteiger partial charge is 0.759 e. The second kappa shape index (κ2) is 84.5. The van der Waals surface area contributed by atoms with Gasteiger partial charge in [-0.1, -0.05) is 187 Å². The van der Waals surface area contributed by atoms with E-state index in [0.29, 0.717) is 118 Å². The lowest BCUT2D eigenvalue weighted by molar-refractivity contribution is -0.929. The van der Waals surface area contributed by atoms with Gasteiger partial charge < -0.3 is 92.8 Å². The van der Waals surface area contributed by atoms with Gasteiger partial charge in [0.1, 0.15) is 0 Å². The molecule has 28 nitrogen and oxygen atoms in total. The number of hydrogen-bond acceptors (Lipinski definition) is 12. The molecule has 0 saturated carbocycles. The molecule has 0 aromatic heterocycles. The molecule has 0 aliphatic heterocycles. The third-order valence-electron chi connectivity index (χ3n) is 17.1. The van der Waals surface area contributed by atoms with Crippen molar-refractivity contribution in [1.29, 1.82) is 0 Å². The Balaban J connectivity index is -0.000000239. The van der Waals surface area contributed by atoms with E-state index in [1.807, 2.05) is 0 Å². The van der Waals surface area contributed by atoms with Gasteiger partial charge in [0.25, 0.3) is 0 Å². The highest BCUT2D eigenvalue weighted by atomic mass is 32.3. The first-order valence-corrected chi connectivity index (χ1v) is 41.8. The fourth-order valence-corrected chi connectivity index (χ4v) is 10.6. The van der Waals surface area contributed by atoms with Crippen molar-refractivity contribution < 1.29 is 66.2 Å². The quantitative estimate of drug-likeness (QED) is 0.0117. The molecule has 16 N–H and O–H groups in total. The van der Waals surface area contributed by atoms with E-state index in [1.54, 1.807) is 0 Å². The van der Waals surface area contributed by atoms with E-state index in [-0.39, 0.29) is 47.1 Å². The number of hydrogen-bond donors (Lipinski definition) is 12. The molecule has 0 saturated heterocycles. The molecule has 0 aromatic rings. The highest BCUT2D eigenvalue weighted by Gasteiger charge is 2.26. The van der Waals surface area contributed by atoms with Crippen molar-refractivity contribution in [3.8, 4) is 0 Å². The standard InChI is InChI=1S/2C21H45N7O3.2C16H36N.H2O4S.2H2O/c2*1-4-7-10-22-19(29)25-13-16-28(17-14-26-20(30)23-11-8-5-2)18-15-27-21(31)24-12-9-6-3;2*1-5-9-13-17(14-10-6-2,15-11-7-3)16-12-8-4;1-5(2,3)4;;/h2*4-18H2,1-3H3,(H2,22,25,29)(H2,23,26,30)(H2,24,27,31);2*5-16H2,1-4H3;(H2,1,2,3,4);2*1H2/q;;2*+1;;;/p-2. The lowest BCUT2D eigenvalue weighted by Crippen LogP contribution is -2.50. The number of unbranched alkanes of at least 4 members (excludes halogenated alkanes) is 14. The van der Waals surface area contributed by atoms with Crippen molar-refractivity contribution in [2.75, 3.05) is 170 Å². The molecule has 0 aliphatic rings. The number of nitrogens with zero attached hydrogens (tertiary/aromatic N) is 4. The van der Waals surface area contributed by atoms with Gasteiger partial charge in [-0.3, -0.25) is 18.2 Å². The molecule has 0 radical (unpaired) electrons. The molecule has 103 heavy (non-hydrogen) atoms. The number of amides is 12. The molecule has 0 heterocycles. The zero-order chi connectivity index (χ0) is 76.8. The Morgan fingerprint density at radius 2 is 0.340 bits per heavy atom. The topological polar surface area (TPSA) is 397 Å². The van der Waals surface area contributed by atoms with Crippen LogP contribution in [0.2, 0.25) is 0 Å². The van der Waals surface area contributed by atoms with Gasteiger partial charge in [-0.15, -0.1) is 0 Å². The van der Waals surface area contributed by atoms with Crippen LogP contribution in [-0.4, -0.2) is 254 Å². The normalized spacial score (nSPS) is 10.8. The average molecular weight is 1500 g/mol. The summed E-state index contributed by atoms with van der Waals surface area (Å²) >= 11 is 0. The number of rotatable bonds is 60. The Morgan fingerprint density at radius 1 is 0.233 bits per heavy atom. The monoisotopic (exact) mass is 1500 g/mol. The molecule has 0 fully saturated rings. The van der Waals surface area contributed by atoms with Crippen LogP contribution < -0.4 is 63.8 Å². The maximum absolute atomic E-state index is 11.8. The summed E-state index contributed by atoms with van der Waals surface area (Å²) in [5.41, 5.74) is 0. The third-order valence-corrected chi connectivity index (χ3v) is 17.1. The van der Waals surface area contributed by atoms with Gasteiger partial charge in [0.05, 0.1) is 52.4 Å². The second-order valence-corrected chi connectivity index (χ2v) is 27.4. The summed E-state index contributed by atoms with van der Waals surface area (Å²) in [6.07, 6.45) is 34.1. The molecule has 0 atom stereocenters. The van der Waals surface area contributed by atoms with Crippen molar-refractivity contribution >= 4 is 46.6 Å². The van der Waals surface area contributed by atoms with Crippen LogP contribution in [0, 0.1) is 0 Å². The lowest BCUT2D eigenvalue weighted by Gasteiger charge is -2.39. The fraction of sp³-hybridized carbons (Fsp3) is 0.919. The molecule has 620 valence electrons. The SMILES string of the molecule is CCCCNC(=O)NCCN(CCNC(=O)NCCCC)CCNC(=O)NCCCC.CCCCNC(=O)NCCN(CCNC(=O)NCCCC)CCNC(=O)NCCCC.CCCC[N+](CCCC)(CCCC)CCCC.CCCC[N+](CCCC)(CCCC)CCCC.O.O.O=S(=O)([O-])[O-]. The summed E-state index contributed by atoms with van der Waals surface area (Å²) in [5, 5.41) is 34.0. The predicted molar refractivity (Wildman–Crippen MR) is 427 cm³/mol. The van der Waals surface area contributed by atoms with Crippen LogP contribution in [0.25, 0.3) is 0 Å². The molecule has 0 spiro atoms. The molecule has 0 aromatic carbocycles. The van der Waals surface area contributed by atoms with E-state index in [4.69, 9.17) is 17.5 Å². The molecular formula is C74H166N16O12S. The van der Waals surface area contributed by atoms with Gasteiger partial charge in [0, 0.05) is 128 Å². The first-order valence-electron chi connectivity index (χ1n) is 40.5. The van der Waals surface area contributed by atoms with Gasteiger partial charge in [-0.2, -0.15) is 0 Å². The Morgan fingerprint density at radius 3 is 0.447 bits per heavy atom. The lowest BCUT2D eigenvalue weighted by atomic mass is 10.1.